The predicted octanol–water partition coefficient (Wildman–Crippen LogP) is 2.86. The molecule has 17 heavy (non-hydrogen) atoms. The van der Waals surface area contributed by atoms with E-state index in [2.05, 4.69) is 0 Å². The van der Waals surface area contributed by atoms with Crippen LogP contribution in [0.25, 0.3) is 0 Å². The second-order valence-electron chi connectivity index (χ2n) is 4.45. The zero-order valence-electron chi connectivity index (χ0n) is 11.1. The maximum Gasteiger partial charge on any atom is 0.192 e. The maximum atomic E-state index is 12.3. The molecule has 0 aliphatic rings. The van der Waals surface area contributed by atoms with Crippen LogP contribution in [-0.4, -0.2) is 26.1 Å². The van der Waals surface area contributed by atoms with E-state index in [9.17, 15) is 4.79 Å². The number of carbonyl (C=O) groups is 1. The van der Waals surface area contributed by atoms with Crippen LogP contribution in [0.15, 0.2) is 18.2 Å². The Labute approximate surface area is 103 Å². The van der Waals surface area contributed by atoms with E-state index in [1.165, 1.54) is 0 Å². The molecule has 0 bridgehead atoms. The summed E-state index contributed by atoms with van der Waals surface area (Å²) in [5.74, 6) is 0.953. The fraction of sp³-hybridized carbons (Fsp3) is 0.500. The summed E-state index contributed by atoms with van der Waals surface area (Å²) in [6.07, 6.45) is -0.387. The van der Waals surface area contributed by atoms with E-state index < -0.39 is 0 Å². The summed E-state index contributed by atoms with van der Waals surface area (Å²) < 4.78 is 10.4. The van der Waals surface area contributed by atoms with E-state index in [0.29, 0.717) is 5.56 Å². The zero-order valence-corrected chi connectivity index (χ0v) is 11.1. The van der Waals surface area contributed by atoms with E-state index >= 15 is 0 Å². The number of hydrogen-bond donors (Lipinski definition) is 0. The van der Waals surface area contributed by atoms with Crippen molar-refractivity contribution in [2.24, 2.45) is 5.92 Å². The van der Waals surface area contributed by atoms with Gasteiger partial charge in [0.05, 0.1) is 7.11 Å². The molecule has 0 aliphatic heterocycles. The van der Waals surface area contributed by atoms with Gasteiger partial charge >= 0.3 is 0 Å². The van der Waals surface area contributed by atoms with Gasteiger partial charge in [-0.1, -0.05) is 13.8 Å². The molecular weight excluding hydrogens is 216 g/mol. The molecule has 1 atom stereocenters. The minimum atomic E-state index is -0.387. The van der Waals surface area contributed by atoms with Gasteiger partial charge in [0.25, 0.3) is 0 Å². The highest BCUT2D eigenvalue weighted by Gasteiger charge is 2.24. The van der Waals surface area contributed by atoms with E-state index in [4.69, 9.17) is 9.47 Å². The summed E-state index contributed by atoms with van der Waals surface area (Å²) in [5, 5.41) is 0. The highest BCUT2D eigenvalue weighted by molar-refractivity contribution is 6.01. The highest BCUT2D eigenvalue weighted by Crippen LogP contribution is 2.20. The second-order valence-corrected chi connectivity index (χ2v) is 4.45. The Kier molecular flexibility index (Phi) is 4.70. The van der Waals surface area contributed by atoms with Crippen LogP contribution < -0.4 is 4.74 Å². The van der Waals surface area contributed by atoms with Crippen LogP contribution in [0, 0.1) is 12.8 Å². The predicted molar refractivity (Wildman–Crippen MR) is 67.7 cm³/mol. The van der Waals surface area contributed by atoms with Crippen LogP contribution >= 0.6 is 0 Å². The molecule has 94 valence electrons. The molecule has 0 radical (unpaired) electrons. The number of methoxy groups -OCH3 is 2. The molecule has 0 aromatic heterocycles. The average molecular weight is 236 g/mol. The number of ketones is 1. The maximum absolute atomic E-state index is 12.3. The third-order valence-electron chi connectivity index (χ3n) is 2.82. The Morgan fingerprint density at radius 1 is 1.24 bits per heavy atom. The Bertz CT molecular complexity index is 396. The molecule has 0 spiro atoms. The van der Waals surface area contributed by atoms with Crippen LogP contribution in [0.1, 0.15) is 29.8 Å². The molecule has 1 aromatic rings. The molecular formula is C14H20O3. The Morgan fingerprint density at radius 2 is 1.88 bits per heavy atom. The minimum Gasteiger partial charge on any atom is -0.497 e. The van der Waals surface area contributed by atoms with Gasteiger partial charge in [-0.2, -0.15) is 0 Å². The highest BCUT2D eigenvalue weighted by atomic mass is 16.5. The number of aryl methyl sites for hydroxylation is 1. The quantitative estimate of drug-likeness (QED) is 0.737. The average Bonchev–Trinajstić information content (AvgIpc) is 2.28. The van der Waals surface area contributed by atoms with Gasteiger partial charge < -0.3 is 9.47 Å². The van der Waals surface area contributed by atoms with Crippen molar-refractivity contribution in [1.82, 2.24) is 0 Å². The lowest BCUT2D eigenvalue weighted by Gasteiger charge is -2.19. The van der Waals surface area contributed by atoms with Crippen LogP contribution in [0.5, 0.6) is 5.75 Å². The number of benzene rings is 1. The summed E-state index contributed by atoms with van der Waals surface area (Å²) in [7, 11) is 3.18. The Balaban J connectivity index is 3.03. The number of carbonyl (C=O) groups excluding carboxylic acids is 1. The lowest BCUT2D eigenvalue weighted by atomic mass is 9.95. The van der Waals surface area contributed by atoms with E-state index in [1.54, 1.807) is 26.4 Å². The first-order valence-electron chi connectivity index (χ1n) is 5.73. The Hall–Kier alpha value is -1.35. The van der Waals surface area contributed by atoms with Gasteiger partial charge in [-0.15, -0.1) is 0 Å². The van der Waals surface area contributed by atoms with E-state index in [0.717, 1.165) is 11.3 Å². The number of rotatable bonds is 5. The second kappa shape index (κ2) is 5.82. The van der Waals surface area contributed by atoms with Gasteiger partial charge in [-0.25, -0.2) is 0 Å². The first-order valence-corrected chi connectivity index (χ1v) is 5.73. The summed E-state index contributed by atoms with van der Waals surface area (Å²) in [6, 6.07) is 5.46. The molecule has 1 aromatic carbocycles. The summed E-state index contributed by atoms with van der Waals surface area (Å²) in [5.41, 5.74) is 1.61. The van der Waals surface area contributed by atoms with E-state index in [-0.39, 0.29) is 17.8 Å². The van der Waals surface area contributed by atoms with Gasteiger partial charge in [0.2, 0.25) is 0 Å². The normalized spacial score (nSPS) is 12.6. The molecule has 3 nitrogen and oxygen atoms in total. The first-order chi connectivity index (χ1) is 8.01. The van der Waals surface area contributed by atoms with Crippen molar-refractivity contribution in [3.05, 3.63) is 29.3 Å². The van der Waals surface area contributed by atoms with Gasteiger partial charge in [0.1, 0.15) is 11.9 Å². The standard InChI is InChI=1S/C14H20O3/c1-9(2)14(17-5)13(15)12-7-6-11(16-4)8-10(12)3/h6-9,14H,1-5H3. The number of hydrogen-bond acceptors (Lipinski definition) is 3. The third-order valence-corrected chi connectivity index (χ3v) is 2.82. The third kappa shape index (κ3) is 3.07. The lowest BCUT2D eigenvalue weighted by Crippen LogP contribution is -2.29. The number of ether oxygens (including phenoxy) is 2. The fourth-order valence-corrected chi connectivity index (χ4v) is 1.87. The monoisotopic (exact) mass is 236 g/mol. The summed E-state index contributed by atoms with van der Waals surface area (Å²) in [6.45, 7) is 5.86. The van der Waals surface area contributed by atoms with Crippen LogP contribution in [0.3, 0.4) is 0 Å². The summed E-state index contributed by atoms with van der Waals surface area (Å²) >= 11 is 0. The molecule has 0 fully saturated rings. The number of Topliss-reactive ketones (excluding diaryl/α,β-unsaturated/α-hetero) is 1. The molecule has 0 saturated carbocycles. The lowest BCUT2D eigenvalue weighted by molar-refractivity contribution is 0.0458. The van der Waals surface area contributed by atoms with Gasteiger partial charge in [-0.3, -0.25) is 4.79 Å². The van der Waals surface area contributed by atoms with Gasteiger partial charge in [0.15, 0.2) is 5.78 Å². The van der Waals surface area contributed by atoms with Gasteiger partial charge in [-0.05, 0) is 36.6 Å². The molecule has 0 aliphatic carbocycles. The van der Waals surface area contributed by atoms with Gasteiger partial charge in [0, 0.05) is 12.7 Å². The Morgan fingerprint density at radius 3 is 2.29 bits per heavy atom. The molecule has 0 heterocycles. The van der Waals surface area contributed by atoms with Crippen molar-refractivity contribution < 1.29 is 14.3 Å². The summed E-state index contributed by atoms with van der Waals surface area (Å²) in [4.78, 5) is 12.3. The van der Waals surface area contributed by atoms with E-state index in [1.807, 2.05) is 26.8 Å². The molecule has 0 amide bonds. The fourth-order valence-electron chi connectivity index (χ4n) is 1.87. The smallest absolute Gasteiger partial charge is 0.192 e. The van der Waals surface area contributed by atoms with Crippen LogP contribution in [0.2, 0.25) is 0 Å². The molecule has 1 unspecified atom stereocenters. The van der Waals surface area contributed by atoms with Crippen molar-refractivity contribution in [2.45, 2.75) is 26.9 Å². The minimum absolute atomic E-state index is 0.0302. The van der Waals surface area contributed by atoms with Crippen LogP contribution in [0.4, 0.5) is 0 Å². The molecule has 1 rings (SSSR count). The van der Waals surface area contributed by atoms with Crippen molar-refractivity contribution in [3.63, 3.8) is 0 Å². The largest absolute Gasteiger partial charge is 0.497 e. The first kappa shape index (κ1) is 13.7. The topological polar surface area (TPSA) is 35.5 Å². The van der Waals surface area contributed by atoms with Crippen LogP contribution in [-0.2, 0) is 4.74 Å². The molecule has 3 heteroatoms. The van der Waals surface area contributed by atoms with Crippen molar-refractivity contribution in [2.75, 3.05) is 14.2 Å². The molecule has 0 saturated heterocycles. The molecule has 0 N–H and O–H groups in total. The van der Waals surface area contributed by atoms with Crippen molar-refractivity contribution in [1.29, 1.82) is 0 Å². The van der Waals surface area contributed by atoms with Crippen molar-refractivity contribution in [3.8, 4) is 5.75 Å². The SMILES string of the molecule is COc1ccc(C(=O)C(OC)C(C)C)c(C)c1. The zero-order chi connectivity index (χ0) is 13.0. The van der Waals surface area contributed by atoms with Crippen molar-refractivity contribution >= 4 is 5.78 Å².